The number of rotatable bonds is 5. The van der Waals surface area contributed by atoms with Gasteiger partial charge < -0.3 is 11.1 Å². The minimum atomic E-state index is -0.121. The van der Waals surface area contributed by atoms with E-state index in [9.17, 15) is 4.79 Å². The van der Waals surface area contributed by atoms with Gasteiger partial charge in [0.25, 0.3) is 0 Å². The van der Waals surface area contributed by atoms with Crippen molar-refractivity contribution in [2.45, 2.75) is 38.1 Å². The van der Waals surface area contributed by atoms with Crippen LogP contribution < -0.4 is 11.1 Å². The Kier molecular flexibility index (Phi) is 4.02. The maximum absolute atomic E-state index is 12.2. The molecular weight excluding hydrogens is 224 g/mol. The molecule has 1 saturated carbocycles. The zero-order valence-electron chi connectivity index (χ0n) is 11.0. The van der Waals surface area contributed by atoms with E-state index in [-0.39, 0.29) is 17.4 Å². The van der Waals surface area contributed by atoms with E-state index in [0.717, 1.165) is 19.3 Å². The summed E-state index contributed by atoms with van der Waals surface area (Å²) >= 11 is 0. The topological polar surface area (TPSA) is 55.1 Å². The van der Waals surface area contributed by atoms with Gasteiger partial charge in [0.1, 0.15) is 0 Å². The van der Waals surface area contributed by atoms with E-state index in [0.29, 0.717) is 6.54 Å². The molecule has 0 saturated heterocycles. The van der Waals surface area contributed by atoms with Crippen molar-refractivity contribution in [1.29, 1.82) is 0 Å². The van der Waals surface area contributed by atoms with Crippen molar-refractivity contribution in [3.63, 3.8) is 0 Å². The Morgan fingerprint density at radius 2 is 2.06 bits per heavy atom. The van der Waals surface area contributed by atoms with Crippen LogP contribution in [-0.4, -0.2) is 18.0 Å². The molecule has 1 aliphatic carbocycles. The Balaban J connectivity index is 1.93. The Bertz CT molecular complexity index is 398. The van der Waals surface area contributed by atoms with Gasteiger partial charge in [-0.25, -0.2) is 0 Å². The van der Waals surface area contributed by atoms with Gasteiger partial charge in [-0.2, -0.15) is 0 Å². The molecule has 0 spiro atoms. The van der Waals surface area contributed by atoms with Crippen molar-refractivity contribution in [2.24, 2.45) is 11.7 Å². The van der Waals surface area contributed by atoms with E-state index in [1.807, 2.05) is 30.3 Å². The molecule has 3 heteroatoms. The summed E-state index contributed by atoms with van der Waals surface area (Å²) in [5.74, 6) is -0.0200. The van der Waals surface area contributed by atoms with Crippen LogP contribution in [0, 0.1) is 5.92 Å². The van der Waals surface area contributed by atoms with Gasteiger partial charge in [0.2, 0.25) is 5.91 Å². The number of nitrogens with one attached hydrogen (secondary N) is 1. The maximum atomic E-state index is 12.2. The van der Waals surface area contributed by atoms with Crippen LogP contribution in [0.5, 0.6) is 0 Å². The van der Waals surface area contributed by atoms with Gasteiger partial charge >= 0.3 is 0 Å². The second kappa shape index (κ2) is 5.53. The molecule has 2 rings (SSSR count). The molecule has 1 atom stereocenters. The maximum Gasteiger partial charge on any atom is 0.225 e. The zero-order valence-corrected chi connectivity index (χ0v) is 11.0. The predicted molar refractivity (Wildman–Crippen MR) is 73.1 cm³/mol. The third kappa shape index (κ3) is 3.10. The van der Waals surface area contributed by atoms with E-state index in [4.69, 9.17) is 5.73 Å². The summed E-state index contributed by atoms with van der Waals surface area (Å²) in [6.45, 7) is 2.52. The number of amides is 1. The number of nitrogens with two attached hydrogens (primary N) is 1. The third-order valence-corrected chi connectivity index (χ3v) is 3.86. The fourth-order valence-corrected chi connectivity index (χ4v) is 2.41. The normalized spacial score (nSPS) is 18.8. The highest BCUT2D eigenvalue weighted by molar-refractivity contribution is 5.80. The number of hydrogen-bond donors (Lipinski definition) is 2. The third-order valence-electron chi connectivity index (χ3n) is 3.86. The summed E-state index contributed by atoms with van der Waals surface area (Å²) in [5, 5.41) is 3.15. The van der Waals surface area contributed by atoms with Crippen LogP contribution in [-0.2, 0) is 11.2 Å². The fraction of sp³-hybridized carbons (Fsp3) is 0.533. The first-order valence-corrected chi connectivity index (χ1v) is 6.69. The van der Waals surface area contributed by atoms with Crippen LogP contribution >= 0.6 is 0 Å². The molecule has 1 amide bonds. The van der Waals surface area contributed by atoms with Crippen molar-refractivity contribution < 1.29 is 4.79 Å². The standard InChI is InChI=1S/C15H22N2O/c1-15(8-5-9-15)17-14(18)13(11-16)10-12-6-3-2-4-7-12/h2-4,6-7,13H,5,8-11,16H2,1H3,(H,17,18). The SMILES string of the molecule is CC1(NC(=O)C(CN)Cc2ccccc2)CCC1. The fourth-order valence-electron chi connectivity index (χ4n) is 2.41. The van der Waals surface area contributed by atoms with Gasteiger partial charge in [0, 0.05) is 12.1 Å². The summed E-state index contributed by atoms with van der Waals surface area (Å²) < 4.78 is 0. The van der Waals surface area contributed by atoms with Crippen LogP contribution in [0.25, 0.3) is 0 Å². The predicted octanol–water partition coefficient (Wildman–Crippen LogP) is 1.86. The molecule has 1 aromatic carbocycles. The minimum absolute atomic E-state index is 0.0151. The van der Waals surface area contributed by atoms with Crippen LogP contribution in [0.1, 0.15) is 31.7 Å². The highest BCUT2D eigenvalue weighted by Crippen LogP contribution is 2.31. The molecule has 0 aliphatic heterocycles. The molecular formula is C15H22N2O. The van der Waals surface area contributed by atoms with Gasteiger partial charge in [-0.1, -0.05) is 30.3 Å². The Morgan fingerprint density at radius 1 is 1.39 bits per heavy atom. The van der Waals surface area contributed by atoms with Crippen LogP contribution in [0.3, 0.4) is 0 Å². The molecule has 0 aromatic heterocycles. The number of carbonyl (C=O) groups excluding carboxylic acids is 1. The summed E-state index contributed by atoms with van der Waals surface area (Å²) in [6.07, 6.45) is 4.10. The lowest BCUT2D eigenvalue weighted by molar-refractivity contribution is -0.127. The van der Waals surface area contributed by atoms with E-state index >= 15 is 0 Å². The van der Waals surface area contributed by atoms with Crippen LogP contribution in [0.4, 0.5) is 0 Å². The monoisotopic (exact) mass is 246 g/mol. The average molecular weight is 246 g/mol. The van der Waals surface area contributed by atoms with Crippen LogP contribution in [0.15, 0.2) is 30.3 Å². The first-order valence-electron chi connectivity index (χ1n) is 6.69. The van der Waals surface area contributed by atoms with Crippen LogP contribution in [0.2, 0.25) is 0 Å². The molecule has 1 unspecified atom stereocenters. The molecule has 1 aromatic rings. The highest BCUT2D eigenvalue weighted by atomic mass is 16.2. The van der Waals surface area contributed by atoms with Gasteiger partial charge in [0.15, 0.2) is 0 Å². The van der Waals surface area contributed by atoms with Crippen molar-refractivity contribution >= 4 is 5.91 Å². The molecule has 3 N–H and O–H groups in total. The van der Waals surface area contributed by atoms with Crippen molar-refractivity contribution in [1.82, 2.24) is 5.32 Å². The second-order valence-electron chi connectivity index (χ2n) is 5.53. The first kappa shape index (κ1) is 13.1. The zero-order chi connectivity index (χ0) is 13.0. The Hall–Kier alpha value is -1.35. The Morgan fingerprint density at radius 3 is 2.56 bits per heavy atom. The highest BCUT2D eigenvalue weighted by Gasteiger charge is 2.34. The van der Waals surface area contributed by atoms with E-state index < -0.39 is 0 Å². The number of hydrogen-bond acceptors (Lipinski definition) is 2. The molecule has 0 heterocycles. The van der Waals surface area contributed by atoms with Gasteiger partial charge in [-0.15, -0.1) is 0 Å². The smallest absolute Gasteiger partial charge is 0.225 e. The largest absolute Gasteiger partial charge is 0.351 e. The lowest BCUT2D eigenvalue weighted by atomic mass is 9.78. The summed E-state index contributed by atoms with van der Waals surface area (Å²) in [6, 6.07) is 10.1. The van der Waals surface area contributed by atoms with Crippen molar-refractivity contribution in [3.8, 4) is 0 Å². The van der Waals surface area contributed by atoms with Gasteiger partial charge in [0.05, 0.1) is 5.92 Å². The second-order valence-corrected chi connectivity index (χ2v) is 5.53. The molecule has 0 bridgehead atoms. The van der Waals surface area contributed by atoms with E-state index in [1.54, 1.807) is 0 Å². The molecule has 18 heavy (non-hydrogen) atoms. The quantitative estimate of drug-likeness (QED) is 0.833. The number of benzene rings is 1. The lowest BCUT2D eigenvalue weighted by Crippen LogP contribution is -2.53. The van der Waals surface area contributed by atoms with Gasteiger partial charge in [-0.3, -0.25) is 4.79 Å². The van der Waals surface area contributed by atoms with E-state index in [2.05, 4.69) is 12.2 Å². The number of carbonyl (C=O) groups is 1. The summed E-state index contributed by atoms with van der Waals surface area (Å²) in [7, 11) is 0. The summed E-state index contributed by atoms with van der Waals surface area (Å²) in [5.41, 5.74) is 6.92. The van der Waals surface area contributed by atoms with Gasteiger partial charge in [-0.05, 0) is 38.2 Å². The molecule has 98 valence electrons. The van der Waals surface area contributed by atoms with E-state index in [1.165, 1.54) is 12.0 Å². The summed E-state index contributed by atoms with van der Waals surface area (Å²) in [4.78, 5) is 12.2. The molecule has 3 nitrogen and oxygen atoms in total. The van der Waals surface area contributed by atoms with Crippen molar-refractivity contribution in [2.75, 3.05) is 6.54 Å². The first-order chi connectivity index (χ1) is 8.63. The molecule has 1 aliphatic rings. The minimum Gasteiger partial charge on any atom is -0.351 e. The average Bonchev–Trinajstić information content (AvgIpc) is 2.35. The van der Waals surface area contributed by atoms with Crippen molar-refractivity contribution in [3.05, 3.63) is 35.9 Å². The lowest BCUT2D eigenvalue weighted by Gasteiger charge is -2.40. The molecule has 1 fully saturated rings. The Labute approximate surface area is 109 Å². The molecule has 0 radical (unpaired) electrons.